The summed E-state index contributed by atoms with van der Waals surface area (Å²) >= 11 is 1.64. The van der Waals surface area contributed by atoms with Crippen molar-refractivity contribution in [3.63, 3.8) is 0 Å². The fourth-order valence-corrected chi connectivity index (χ4v) is 3.85. The minimum absolute atomic E-state index is 0.138. The molecule has 0 radical (unpaired) electrons. The van der Waals surface area contributed by atoms with Crippen LogP contribution in [0, 0.1) is 5.82 Å². The molecule has 1 N–H and O–H groups in total. The van der Waals surface area contributed by atoms with Gasteiger partial charge >= 0.3 is 0 Å². The first kappa shape index (κ1) is 15.1. The van der Waals surface area contributed by atoms with E-state index in [-0.39, 0.29) is 11.4 Å². The molecular weight excluding hydrogens is 321 g/mol. The van der Waals surface area contributed by atoms with Crippen LogP contribution >= 0.6 is 11.3 Å². The number of hydrogen-bond acceptors (Lipinski definition) is 3. The molecule has 3 nitrogen and oxygen atoms in total. The van der Waals surface area contributed by atoms with Crippen LogP contribution in [0.15, 0.2) is 48.5 Å². The van der Waals surface area contributed by atoms with Gasteiger partial charge in [-0.2, -0.15) is 0 Å². The number of rotatable bonds is 2. The van der Waals surface area contributed by atoms with E-state index in [0.29, 0.717) is 0 Å². The average Bonchev–Trinajstić information content (AvgIpc) is 3.03. The topological polar surface area (TPSA) is 29.3 Å². The summed E-state index contributed by atoms with van der Waals surface area (Å²) in [4.78, 5) is 5.70. The predicted octanol–water partition coefficient (Wildman–Crippen LogP) is 5.57. The van der Waals surface area contributed by atoms with Crippen molar-refractivity contribution < 1.29 is 4.39 Å². The Balaban J connectivity index is 2.04. The predicted molar refractivity (Wildman–Crippen MR) is 99.3 cm³/mol. The summed E-state index contributed by atoms with van der Waals surface area (Å²) in [7, 11) is 0. The van der Waals surface area contributed by atoms with Gasteiger partial charge in [-0.05, 0) is 45.0 Å². The fourth-order valence-electron chi connectivity index (χ4n) is 2.83. The van der Waals surface area contributed by atoms with Gasteiger partial charge in [-0.15, -0.1) is 0 Å². The number of hydrogen-bond donors (Lipinski definition) is 1. The lowest BCUT2D eigenvalue weighted by molar-refractivity contribution is 0.628. The van der Waals surface area contributed by atoms with Gasteiger partial charge in [-0.25, -0.2) is 9.37 Å². The quantitative estimate of drug-likeness (QED) is 0.517. The van der Waals surface area contributed by atoms with Crippen LogP contribution in [0.1, 0.15) is 20.8 Å². The summed E-state index contributed by atoms with van der Waals surface area (Å²) in [6.45, 7) is 6.32. The van der Waals surface area contributed by atoms with Gasteiger partial charge in [0, 0.05) is 11.1 Å². The van der Waals surface area contributed by atoms with Crippen LogP contribution in [0.5, 0.6) is 0 Å². The van der Waals surface area contributed by atoms with Crippen LogP contribution in [-0.4, -0.2) is 14.9 Å². The van der Waals surface area contributed by atoms with Crippen molar-refractivity contribution in [2.24, 2.45) is 0 Å². The second-order valence-corrected chi connectivity index (χ2v) is 7.89. The number of para-hydroxylation sites is 1. The van der Waals surface area contributed by atoms with Gasteiger partial charge in [0.1, 0.15) is 17.3 Å². The first-order valence-electron chi connectivity index (χ1n) is 7.86. The van der Waals surface area contributed by atoms with Crippen LogP contribution in [-0.2, 0) is 0 Å². The van der Waals surface area contributed by atoms with Gasteiger partial charge in [-0.3, -0.25) is 4.40 Å². The molecule has 0 aliphatic heterocycles. The normalized spacial score (nSPS) is 12.2. The van der Waals surface area contributed by atoms with Crippen LogP contribution in [0.3, 0.4) is 0 Å². The van der Waals surface area contributed by atoms with E-state index in [2.05, 4.69) is 42.6 Å². The van der Waals surface area contributed by atoms with Gasteiger partial charge in [-0.1, -0.05) is 35.6 Å². The minimum Gasteiger partial charge on any atom is -0.365 e. The third kappa shape index (κ3) is 2.55. The zero-order chi connectivity index (χ0) is 16.9. The summed E-state index contributed by atoms with van der Waals surface area (Å²) in [6.07, 6.45) is 0. The Labute approximate surface area is 143 Å². The monoisotopic (exact) mass is 339 g/mol. The van der Waals surface area contributed by atoms with E-state index in [9.17, 15) is 4.39 Å². The maximum Gasteiger partial charge on any atom is 0.197 e. The summed E-state index contributed by atoms with van der Waals surface area (Å²) in [5, 5.41) is 3.55. The molecule has 0 unspecified atom stereocenters. The fraction of sp³-hybridized carbons (Fsp3) is 0.211. The van der Waals surface area contributed by atoms with E-state index < -0.39 is 0 Å². The van der Waals surface area contributed by atoms with Crippen LogP contribution in [0.25, 0.3) is 26.4 Å². The Kier molecular flexibility index (Phi) is 3.35. The molecule has 5 heteroatoms. The first-order chi connectivity index (χ1) is 11.4. The first-order valence-corrected chi connectivity index (χ1v) is 8.68. The Bertz CT molecular complexity index is 1040. The molecule has 122 valence electrons. The molecule has 0 spiro atoms. The lowest BCUT2D eigenvalue weighted by atomic mass is 10.1. The molecule has 0 atom stereocenters. The Morgan fingerprint density at radius 3 is 2.62 bits per heavy atom. The van der Waals surface area contributed by atoms with E-state index in [0.717, 1.165) is 27.6 Å². The smallest absolute Gasteiger partial charge is 0.197 e. The molecule has 2 heterocycles. The van der Waals surface area contributed by atoms with E-state index in [1.807, 2.05) is 18.2 Å². The maximum atomic E-state index is 13.7. The number of fused-ring (bicyclic) bond motifs is 3. The number of thiazole rings is 1. The van der Waals surface area contributed by atoms with Gasteiger partial charge in [0.25, 0.3) is 0 Å². The van der Waals surface area contributed by atoms with E-state index in [4.69, 9.17) is 4.98 Å². The van der Waals surface area contributed by atoms with E-state index in [1.165, 1.54) is 16.8 Å². The highest BCUT2D eigenvalue weighted by atomic mass is 32.1. The number of nitrogens with one attached hydrogen (secondary N) is 1. The molecule has 2 aromatic carbocycles. The number of anilines is 1. The molecule has 0 aliphatic rings. The molecule has 4 aromatic rings. The molecule has 0 saturated heterocycles. The van der Waals surface area contributed by atoms with Crippen LogP contribution in [0.4, 0.5) is 10.2 Å². The molecule has 0 amide bonds. The lowest BCUT2D eigenvalue weighted by Gasteiger charge is -2.22. The molecule has 24 heavy (non-hydrogen) atoms. The van der Waals surface area contributed by atoms with Crippen molar-refractivity contribution in [3.05, 3.63) is 54.3 Å². The standard InChI is InChI=1S/C19H18FN3S/c1-19(2,3)22-17-16(12-7-6-8-13(20)11-12)21-18-23(17)14-9-4-5-10-15(14)24-18/h4-11,22H,1-3H3. The highest BCUT2D eigenvalue weighted by Crippen LogP contribution is 2.37. The second-order valence-electron chi connectivity index (χ2n) is 6.88. The highest BCUT2D eigenvalue weighted by Gasteiger charge is 2.22. The zero-order valence-electron chi connectivity index (χ0n) is 13.8. The number of benzene rings is 2. The Morgan fingerprint density at radius 2 is 1.88 bits per heavy atom. The van der Waals surface area contributed by atoms with Crippen molar-refractivity contribution in [3.8, 4) is 11.3 Å². The van der Waals surface area contributed by atoms with Gasteiger partial charge in [0.05, 0.1) is 10.2 Å². The van der Waals surface area contributed by atoms with Crippen molar-refractivity contribution in [2.75, 3.05) is 5.32 Å². The third-order valence-corrected chi connectivity index (χ3v) is 4.77. The van der Waals surface area contributed by atoms with Gasteiger partial charge < -0.3 is 5.32 Å². The average molecular weight is 339 g/mol. The molecule has 0 bridgehead atoms. The van der Waals surface area contributed by atoms with Crippen molar-refractivity contribution >= 4 is 32.3 Å². The molecule has 2 aromatic heterocycles. The molecule has 4 rings (SSSR count). The highest BCUT2D eigenvalue weighted by molar-refractivity contribution is 7.23. The van der Waals surface area contributed by atoms with E-state index in [1.54, 1.807) is 17.4 Å². The largest absolute Gasteiger partial charge is 0.365 e. The molecule has 0 saturated carbocycles. The van der Waals surface area contributed by atoms with Crippen molar-refractivity contribution in [2.45, 2.75) is 26.3 Å². The van der Waals surface area contributed by atoms with Gasteiger partial charge in [0.2, 0.25) is 0 Å². The number of aromatic nitrogens is 2. The zero-order valence-corrected chi connectivity index (χ0v) is 14.6. The Morgan fingerprint density at radius 1 is 1.08 bits per heavy atom. The summed E-state index contributed by atoms with van der Waals surface area (Å²) in [5.74, 6) is 0.649. The lowest BCUT2D eigenvalue weighted by Crippen LogP contribution is -2.27. The molecule has 0 fully saturated rings. The minimum atomic E-state index is -0.254. The van der Waals surface area contributed by atoms with Crippen molar-refractivity contribution in [1.29, 1.82) is 0 Å². The summed E-state index contributed by atoms with van der Waals surface area (Å²) < 4.78 is 17.0. The number of nitrogens with zero attached hydrogens (tertiary/aromatic N) is 2. The maximum absolute atomic E-state index is 13.7. The van der Waals surface area contributed by atoms with Crippen molar-refractivity contribution in [1.82, 2.24) is 9.38 Å². The second kappa shape index (κ2) is 5.31. The third-order valence-electron chi connectivity index (χ3n) is 3.75. The summed E-state index contributed by atoms with van der Waals surface area (Å²) in [5.41, 5.74) is 2.53. The Hall–Kier alpha value is -2.40. The SMILES string of the molecule is CC(C)(C)Nc1c(-c2cccc(F)c2)nc2sc3ccccc3n12. The van der Waals surface area contributed by atoms with Gasteiger partial charge in [0.15, 0.2) is 4.96 Å². The molecule has 0 aliphatic carbocycles. The van der Waals surface area contributed by atoms with Crippen LogP contribution < -0.4 is 5.32 Å². The number of halogens is 1. The molecular formula is C19H18FN3S. The summed E-state index contributed by atoms with van der Waals surface area (Å²) in [6, 6.07) is 14.8. The number of imidazole rings is 1. The van der Waals surface area contributed by atoms with Crippen LogP contribution in [0.2, 0.25) is 0 Å². The van der Waals surface area contributed by atoms with E-state index >= 15 is 0 Å².